The van der Waals surface area contributed by atoms with Gasteiger partial charge in [0.2, 0.25) is 0 Å². The molecular weight excluding hydrogens is 503 g/mol. The van der Waals surface area contributed by atoms with Gasteiger partial charge in [-0.1, -0.05) is 12.1 Å². The molecule has 0 spiro atoms. The first-order valence-corrected chi connectivity index (χ1v) is 11.8. The largest absolute Gasteiger partial charge is 0.381 e. The maximum Gasteiger partial charge on any atom is 0.191 e. The average molecular weight is 545 g/mol. The summed E-state index contributed by atoms with van der Waals surface area (Å²) in [5, 5.41) is 6.93. The highest BCUT2D eigenvalue weighted by atomic mass is 127. The maximum absolute atomic E-state index is 5.86. The van der Waals surface area contributed by atoms with Gasteiger partial charge < -0.3 is 25.0 Å². The van der Waals surface area contributed by atoms with Gasteiger partial charge >= 0.3 is 0 Å². The van der Waals surface area contributed by atoms with Crippen molar-refractivity contribution in [1.29, 1.82) is 0 Å². The van der Waals surface area contributed by atoms with Crippen molar-refractivity contribution >= 4 is 35.6 Å². The molecule has 0 bridgehead atoms. The lowest BCUT2D eigenvalue weighted by molar-refractivity contribution is 0.0205. The van der Waals surface area contributed by atoms with Gasteiger partial charge in [0.05, 0.1) is 6.04 Å². The van der Waals surface area contributed by atoms with Crippen molar-refractivity contribution < 1.29 is 9.47 Å². The zero-order valence-corrected chi connectivity index (χ0v) is 21.6. The van der Waals surface area contributed by atoms with Crippen molar-refractivity contribution in [3.8, 4) is 0 Å². The standard InChI is InChI=1S/C24H40N4O2.HI/c1-3-25-24(26-12-7-15-30-19-21-10-16-29-17-11-21)27-20(2)22-8-6-9-23(18-22)28-13-4-5-14-28;/h6,8-9,18,20-21H,3-5,7,10-17,19H2,1-2H3,(H2,25,26,27);1H. The van der Waals surface area contributed by atoms with Crippen LogP contribution in [0.15, 0.2) is 29.3 Å². The Hall–Kier alpha value is -1.06. The minimum atomic E-state index is 0. The zero-order chi connectivity index (χ0) is 21.0. The molecule has 2 N–H and O–H groups in total. The van der Waals surface area contributed by atoms with Gasteiger partial charge in [-0.25, -0.2) is 0 Å². The molecule has 1 unspecified atom stereocenters. The van der Waals surface area contributed by atoms with Crippen LogP contribution in [-0.4, -0.2) is 58.6 Å². The molecular formula is C24H41IN4O2. The maximum atomic E-state index is 5.86. The summed E-state index contributed by atoms with van der Waals surface area (Å²) >= 11 is 0. The normalized spacial score (nSPS) is 18.5. The highest BCUT2D eigenvalue weighted by Gasteiger charge is 2.15. The van der Waals surface area contributed by atoms with E-state index in [1.807, 2.05) is 0 Å². The fourth-order valence-corrected chi connectivity index (χ4v) is 4.10. The van der Waals surface area contributed by atoms with E-state index in [0.29, 0.717) is 5.92 Å². The third-order valence-electron chi connectivity index (χ3n) is 5.95. The summed E-state index contributed by atoms with van der Waals surface area (Å²) in [6.07, 6.45) is 5.80. The monoisotopic (exact) mass is 544 g/mol. The van der Waals surface area contributed by atoms with E-state index in [0.717, 1.165) is 64.7 Å². The van der Waals surface area contributed by atoms with Crippen molar-refractivity contribution in [2.45, 2.75) is 52.0 Å². The molecule has 0 aromatic heterocycles. The Morgan fingerprint density at radius 3 is 2.77 bits per heavy atom. The molecule has 2 aliphatic rings. The van der Waals surface area contributed by atoms with Crippen molar-refractivity contribution in [3.05, 3.63) is 29.8 Å². The molecule has 3 rings (SSSR count). The van der Waals surface area contributed by atoms with Crippen LogP contribution in [0.25, 0.3) is 0 Å². The van der Waals surface area contributed by atoms with E-state index < -0.39 is 0 Å². The molecule has 176 valence electrons. The van der Waals surface area contributed by atoms with Crippen LogP contribution < -0.4 is 15.5 Å². The first-order chi connectivity index (χ1) is 14.8. The van der Waals surface area contributed by atoms with E-state index in [4.69, 9.17) is 14.5 Å². The van der Waals surface area contributed by atoms with Gasteiger partial charge in [-0.05, 0) is 69.6 Å². The van der Waals surface area contributed by atoms with E-state index >= 15 is 0 Å². The van der Waals surface area contributed by atoms with Crippen molar-refractivity contribution in [2.24, 2.45) is 10.9 Å². The van der Waals surface area contributed by atoms with E-state index in [1.54, 1.807) is 0 Å². The van der Waals surface area contributed by atoms with Gasteiger partial charge in [0.25, 0.3) is 0 Å². The van der Waals surface area contributed by atoms with Gasteiger partial charge in [0, 0.05) is 58.3 Å². The Morgan fingerprint density at radius 2 is 2.03 bits per heavy atom. The van der Waals surface area contributed by atoms with E-state index in [-0.39, 0.29) is 30.0 Å². The topological polar surface area (TPSA) is 58.1 Å². The third kappa shape index (κ3) is 9.14. The Balaban J connectivity index is 0.00000341. The Kier molecular flexibility index (Phi) is 12.6. The zero-order valence-electron chi connectivity index (χ0n) is 19.3. The molecule has 2 fully saturated rings. The summed E-state index contributed by atoms with van der Waals surface area (Å²) in [5.41, 5.74) is 2.63. The number of benzene rings is 1. The van der Waals surface area contributed by atoms with E-state index in [9.17, 15) is 0 Å². The lowest BCUT2D eigenvalue weighted by atomic mass is 10.0. The highest BCUT2D eigenvalue weighted by Crippen LogP contribution is 2.24. The summed E-state index contributed by atoms with van der Waals surface area (Å²) in [6.45, 7) is 11.7. The smallest absolute Gasteiger partial charge is 0.191 e. The molecule has 2 aliphatic heterocycles. The molecule has 2 saturated heterocycles. The van der Waals surface area contributed by atoms with Crippen LogP contribution in [0.2, 0.25) is 0 Å². The van der Waals surface area contributed by atoms with Crippen molar-refractivity contribution in [2.75, 3.05) is 57.5 Å². The number of hydrogen-bond donors (Lipinski definition) is 2. The average Bonchev–Trinajstić information content (AvgIpc) is 3.32. The van der Waals surface area contributed by atoms with Gasteiger partial charge in [0.1, 0.15) is 0 Å². The van der Waals surface area contributed by atoms with Crippen LogP contribution in [0.1, 0.15) is 57.6 Å². The molecule has 1 aromatic rings. The summed E-state index contributed by atoms with van der Waals surface area (Å²) in [4.78, 5) is 7.23. The van der Waals surface area contributed by atoms with Crippen molar-refractivity contribution in [1.82, 2.24) is 10.6 Å². The number of nitrogens with zero attached hydrogens (tertiary/aromatic N) is 2. The summed E-state index contributed by atoms with van der Waals surface area (Å²) in [6, 6.07) is 9.11. The summed E-state index contributed by atoms with van der Waals surface area (Å²) in [7, 11) is 0. The van der Waals surface area contributed by atoms with Crippen LogP contribution in [0.3, 0.4) is 0 Å². The van der Waals surface area contributed by atoms with Gasteiger partial charge in [0.15, 0.2) is 5.96 Å². The Bertz CT molecular complexity index is 646. The molecule has 1 atom stereocenters. The van der Waals surface area contributed by atoms with Gasteiger partial charge in [-0.3, -0.25) is 4.99 Å². The van der Waals surface area contributed by atoms with E-state index in [2.05, 4.69) is 53.6 Å². The number of aliphatic imine (C=N–C) groups is 1. The third-order valence-corrected chi connectivity index (χ3v) is 5.95. The Morgan fingerprint density at radius 1 is 1.26 bits per heavy atom. The molecule has 0 aliphatic carbocycles. The lowest BCUT2D eigenvalue weighted by Gasteiger charge is -2.22. The first-order valence-electron chi connectivity index (χ1n) is 11.8. The molecule has 6 nitrogen and oxygen atoms in total. The van der Waals surface area contributed by atoms with Crippen LogP contribution in [0, 0.1) is 5.92 Å². The Labute approximate surface area is 205 Å². The summed E-state index contributed by atoms with van der Waals surface area (Å²) in [5.74, 6) is 1.54. The minimum absolute atomic E-state index is 0. The van der Waals surface area contributed by atoms with Crippen LogP contribution in [0.5, 0.6) is 0 Å². The fourth-order valence-electron chi connectivity index (χ4n) is 4.10. The predicted octanol–water partition coefficient (Wildman–Crippen LogP) is 4.35. The van der Waals surface area contributed by atoms with Crippen LogP contribution >= 0.6 is 24.0 Å². The quantitative estimate of drug-likeness (QED) is 0.199. The fraction of sp³-hybridized carbons (Fsp3) is 0.708. The minimum Gasteiger partial charge on any atom is -0.381 e. The van der Waals surface area contributed by atoms with Crippen LogP contribution in [-0.2, 0) is 9.47 Å². The number of nitrogens with one attached hydrogen (secondary N) is 2. The number of halogens is 1. The molecule has 7 heteroatoms. The SMILES string of the molecule is CCNC(=NCCCOCC1CCOCC1)NC(C)c1cccc(N2CCCC2)c1.I. The molecule has 0 amide bonds. The lowest BCUT2D eigenvalue weighted by Crippen LogP contribution is -2.38. The van der Waals surface area contributed by atoms with Gasteiger partial charge in [-0.2, -0.15) is 0 Å². The highest BCUT2D eigenvalue weighted by molar-refractivity contribution is 14.0. The number of rotatable bonds is 10. The second kappa shape index (κ2) is 14.9. The van der Waals surface area contributed by atoms with Crippen molar-refractivity contribution in [3.63, 3.8) is 0 Å². The first kappa shape index (κ1) is 26.2. The van der Waals surface area contributed by atoms with Gasteiger partial charge in [-0.15, -0.1) is 24.0 Å². The number of guanidine groups is 1. The number of ether oxygens (including phenoxy) is 2. The molecule has 0 radical (unpaired) electrons. The number of anilines is 1. The second-order valence-electron chi connectivity index (χ2n) is 8.40. The number of hydrogen-bond acceptors (Lipinski definition) is 4. The molecule has 0 saturated carbocycles. The predicted molar refractivity (Wildman–Crippen MR) is 140 cm³/mol. The molecule has 1 aromatic carbocycles. The van der Waals surface area contributed by atoms with Crippen LogP contribution in [0.4, 0.5) is 5.69 Å². The second-order valence-corrected chi connectivity index (χ2v) is 8.40. The molecule has 2 heterocycles. The van der Waals surface area contributed by atoms with E-state index in [1.165, 1.54) is 37.2 Å². The molecule has 31 heavy (non-hydrogen) atoms. The summed E-state index contributed by atoms with van der Waals surface area (Å²) < 4.78 is 11.3.